The van der Waals surface area contributed by atoms with Crippen LogP contribution in [0.3, 0.4) is 0 Å². The van der Waals surface area contributed by atoms with Crippen molar-refractivity contribution in [2.24, 2.45) is 0 Å². The molecule has 6 heteroatoms. The molecular formula is C18H20N4O2. The molecule has 3 aromatic rings. The Morgan fingerprint density at radius 3 is 3.08 bits per heavy atom. The zero-order chi connectivity index (χ0) is 16.5. The number of methoxy groups -OCH3 is 1. The molecule has 6 nitrogen and oxygen atoms in total. The van der Waals surface area contributed by atoms with Crippen LogP contribution in [0.5, 0.6) is 5.75 Å². The number of benzene rings is 1. The molecule has 0 saturated heterocycles. The lowest BCUT2D eigenvalue weighted by atomic mass is 10.1. The third kappa shape index (κ3) is 2.80. The number of aromatic nitrogens is 3. The maximum absolute atomic E-state index is 12.4. The smallest absolute Gasteiger partial charge is 0.252 e. The molecule has 0 unspecified atom stereocenters. The molecule has 0 spiro atoms. The second kappa shape index (κ2) is 6.13. The third-order valence-electron chi connectivity index (χ3n) is 4.58. The van der Waals surface area contributed by atoms with Crippen LogP contribution < -0.4 is 10.3 Å². The molecule has 0 aliphatic carbocycles. The highest BCUT2D eigenvalue weighted by molar-refractivity contribution is 5.80. The van der Waals surface area contributed by atoms with Crippen molar-refractivity contribution in [2.75, 3.05) is 13.7 Å². The van der Waals surface area contributed by atoms with Gasteiger partial charge >= 0.3 is 0 Å². The van der Waals surface area contributed by atoms with E-state index in [1.165, 1.54) is 5.69 Å². The van der Waals surface area contributed by atoms with Crippen LogP contribution in [0, 0.1) is 0 Å². The average Bonchev–Trinajstić information content (AvgIpc) is 2.93. The van der Waals surface area contributed by atoms with Crippen molar-refractivity contribution in [3.8, 4) is 5.75 Å². The molecule has 1 aliphatic rings. The van der Waals surface area contributed by atoms with Crippen molar-refractivity contribution >= 4 is 10.9 Å². The number of rotatable bonds is 3. The predicted molar refractivity (Wildman–Crippen MR) is 92.1 cm³/mol. The Labute approximate surface area is 139 Å². The number of hydrogen-bond acceptors (Lipinski definition) is 4. The quantitative estimate of drug-likeness (QED) is 0.802. The van der Waals surface area contributed by atoms with E-state index in [1.54, 1.807) is 7.11 Å². The van der Waals surface area contributed by atoms with Gasteiger partial charge in [-0.25, -0.2) is 4.98 Å². The largest absolute Gasteiger partial charge is 0.497 e. The fraction of sp³-hybridized carbons (Fsp3) is 0.333. The zero-order valence-corrected chi connectivity index (χ0v) is 13.7. The first-order chi connectivity index (χ1) is 11.7. The van der Waals surface area contributed by atoms with E-state index in [1.807, 2.05) is 36.8 Å². The molecule has 0 amide bonds. The number of H-pyrrole nitrogens is 1. The Bertz CT molecular complexity index is 928. The maximum atomic E-state index is 12.4. The number of imidazole rings is 1. The van der Waals surface area contributed by atoms with E-state index in [0.717, 1.165) is 48.3 Å². The van der Waals surface area contributed by atoms with Crippen LogP contribution in [-0.4, -0.2) is 33.1 Å². The van der Waals surface area contributed by atoms with Crippen LogP contribution in [0.2, 0.25) is 0 Å². The van der Waals surface area contributed by atoms with Gasteiger partial charge in [0, 0.05) is 48.8 Å². The molecule has 2 aromatic heterocycles. The van der Waals surface area contributed by atoms with Gasteiger partial charge in [0.1, 0.15) is 5.75 Å². The van der Waals surface area contributed by atoms with Crippen molar-refractivity contribution in [3.05, 3.63) is 58.4 Å². The standard InChI is InChI=1S/C18H20N4O2/c1-24-16-3-4-17-13(8-16)7-14(18(23)20-17)10-21-5-2-6-22-12-19-9-15(22)11-21/h3-4,7-9,12H,2,5-6,10-11H2,1H3,(H,20,23). The Hall–Kier alpha value is -2.60. The molecule has 0 radical (unpaired) electrons. The van der Waals surface area contributed by atoms with Gasteiger partial charge < -0.3 is 14.3 Å². The van der Waals surface area contributed by atoms with E-state index in [2.05, 4.69) is 19.4 Å². The zero-order valence-electron chi connectivity index (χ0n) is 13.7. The number of aromatic amines is 1. The van der Waals surface area contributed by atoms with E-state index < -0.39 is 0 Å². The first-order valence-electron chi connectivity index (χ1n) is 8.14. The van der Waals surface area contributed by atoms with Gasteiger partial charge in [-0.15, -0.1) is 0 Å². The van der Waals surface area contributed by atoms with E-state index >= 15 is 0 Å². The summed E-state index contributed by atoms with van der Waals surface area (Å²) in [5.41, 5.74) is 2.79. The van der Waals surface area contributed by atoms with E-state index in [0.29, 0.717) is 6.54 Å². The highest BCUT2D eigenvalue weighted by Crippen LogP contribution is 2.20. The molecule has 0 fully saturated rings. The number of nitrogens with zero attached hydrogens (tertiary/aromatic N) is 3. The Balaban J connectivity index is 1.64. The van der Waals surface area contributed by atoms with Crippen LogP contribution >= 0.6 is 0 Å². The summed E-state index contributed by atoms with van der Waals surface area (Å²) in [5.74, 6) is 0.791. The van der Waals surface area contributed by atoms with Gasteiger partial charge in [0.05, 0.1) is 19.1 Å². The molecule has 1 aliphatic heterocycles. The number of pyridine rings is 1. The van der Waals surface area contributed by atoms with Gasteiger partial charge in [0.2, 0.25) is 0 Å². The molecule has 1 N–H and O–H groups in total. The van der Waals surface area contributed by atoms with Gasteiger partial charge in [0.25, 0.3) is 5.56 Å². The van der Waals surface area contributed by atoms with Gasteiger partial charge in [-0.3, -0.25) is 9.69 Å². The maximum Gasteiger partial charge on any atom is 0.252 e. The minimum Gasteiger partial charge on any atom is -0.497 e. The van der Waals surface area contributed by atoms with Gasteiger partial charge in [0.15, 0.2) is 0 Å². The minimum absolute atomic E-state index is 0.0228. The van der Waals surface area contributed by atoms with Crippen molar-refractivity contribution in [1.82, 2.24) is 19.4 Å². The molecule has 3 heterocycles. The van der Waals surface area contributed by atoms with E-state index in [9.17, 15) is 4.79 Å². The summed E-state index contributed by atoms with van der Waals surface area (Å²) < 4.78 is 7.47. The molecule has 1 aromatic carbocycles. The van der Waals surface area contributed by atoms with Crippen molar-refractivity contribution in [3.63, 3.8) is 0 Å². The first-order valence-corrected chi connectivity index (χ1v) is 8.14. The van der Waals surface area contributed by atoms with Crippen LogP contribution in [0.25, 0.3) is 10.9 Å². The molecule has 124 valence electrons. The molecule has 0 atom stereocenters. The van der Waals surface area contributed by atoms with Gasteiger partial charge in [-0.1, -0.05) is 0 Å². The lowest BCUT2D eigenvalue weighted by Gasteiger charge is -2.19. The molecule has 0 bridgehead atoms. The number of aryl methyl sites for hydroxylation is 1. The second-order valence-corrected chi connectivity index (χ2v) is 6.22. The summed E-state index contributed by atoms with van der Waals surface area (Å²) in [6.07, 6.45) is 4.85. The normalized spacial score (nSPS) is 15.2. The fourth-order valence-electron chi connectivity index (χ4n) is 3.30. The van der Waals surface area contributed by atoms with Crippen molar-refractivity contribution < 1.29 is 4.74 Å². The summed E-state index contributed by atoms with van der Waals surface area (Å²) in [7, 11) is 1.65. The molecule has 24 heavy (non-hydrogen) atoms. The highest BCUT2D eigenvalue weighted by atomic mass is 16.5. The summed E-state index contributed by atoms with van der Waals surface area (Å²) >= 11 is 0. The molecular weight excluding hydrogens is 304 g/mol. The predicted octanol–water partition coefficient (Wildman–Crippen LogP) is 2.14. The Morgan fingerprint density at radius 1 is 1.29 bits per heavy atom. The monoisotopic (exact) mass is 324 g/mol. The summed E-state index contributed by atoms with van der Waals surface area (Å²) in [6.45, 7) is 3.40. The van der Waals surface area contributed by atoms with Crippen molar-refractivity contribution in [1.29, 1.82) is 0 Å². The minimum atomic E-state index is -0.0228. The van der Waals surface area contributed by atoms with Crippen LogP contribution in [0.1, 0.15) is 17.7 Å². The summed E-state index contributed by atoms with van der Waals surface area (Å²) in [5, 5.41) is 0.990. The molecule has 4 rings (SSSR count). The lowest BCUT2D eigenvalue weighted by molar-refractivity contribution is 0.260. The fourth-order valence-corrected chi connectivity index (χ4v) is 3.30. The molecule has 0 saturated carbocycles. The van der Waals surface area contributed by atoms with Gasteiger partial charge in [-0.2, -0.15) is 0 Å². The Morgan fingerprint density at radius 2 is 2.21 bits per heavy atom. The Kier molecular flexibility index (Phi) is 3.82. The van der Waals surface area contributed by atoms with Crippen LogP contribution in [0.15, 0.2) is 41.6 Å². The number of fused-ring (bicyclic) bond motifs is 2. The van der Waals surface area contributed by atoms with Crippen LogP contribution in [-0.2, 0) is 19.6 Å². The number of ether oxygens (including phenoxy) is 1. The number of hydrogen-bond donors (Lipinski definition) is 1. The summed E-state index contributed by atoms with van der Waals surface area (Å²) in [6, 6.07) is 7.66. The second-order valence-electron chi connectivity index (χ2n) is 6.22. The SMILES string of the molecule is COc1ccc2[nH]c(=O)c(CN3CCCn4cncc4C3)cc2c1. The third-order valence-corrected chi connectivity index (χ3v) is 4.58. The van der Waals surface area contributed by atoms with E-state index in [4.69, 9.17) is 4.74 Å². The highest BCUT2D eigenvalue weighted by Gasteiger charge is 2.16. The summed E-state index contributed by atoms with van der Waals surface area (Å²) in [4.78, 5) is 21.9. The average molecular weight is 324 g/mol. The number of nitrogens with one attached hydrogen (secondary N) is 1. The van der Waals surface area contributed by atoms with Gasteiger partial charge in [-0.05, 0) is 30.7 Å². The van der Waals surface area contributed by atoms with E-state index in [-0.39, 0.29) is 5.56 Å². The first kappa shape index (κ1) is 15.0. The topological polar surface area (TPSA) is 63.2 Å². The van der Waals surface area contributed by atoms with Crippen molar-refractivity contribution in [2.45, 2.75) is 26.1 Å². The lowest BCUT2D eigenvalue weighted by Crippen LogP contribution is -2.26. The van der Waals surface area contributed by atoms with Crippen LogP contribution in [0.4, 0.5) is 0 Å².